The number of nitrogens with one attached hydrogen (secondary N) is 3. The van der Waals surface area contributed by atoms with Crippen molar-refractivity contribution in [3.05, 3.63) is 51.5 Å². The first-order chi connectivity index (χ1) is 23.2. The predicted molar refractivity (Wildman–Crippen MR) is 185 cm³/mol. The number of thiazole rings is 1. The molecule has 2 saturated heterocycles. The average molecular weight is 699 g/mol. The van der Waals surface area contributed by atoms with Gasteiger partial charge in [0.2, 0.25) is 23.6 Å². The van der Waals surface area contributed by atoms with Crippen molar-refractivity contribution >= 4 is 40.9 Å². The second-order valence-corrected chi connectivity index (χ2v) is 14.8. The van der Waals surface area contributed by atoms with Crippen LogP contribution in [0.15, 0.2) is 30.3 Å². The summed E-state index contributed by atoms with van der Waals surface area (Å²) in [7, 11) is 1.48. The van der Waals surface area contributed by atoms with Crippen molar-refractivity contribution in [2.45, 2.75) is 103 Å². The molecule has 49 heavy (non-hydrogen) atoms. The van der Waals surface area contributed by atoms with Gasteiger partial charge in [-0.05, 0) is 38.2 Å². The molecule has 0 aliphatic carbocycles. The number of amides is 5. The van der Waals surface area contributed by atoms with Crippen LogP contribution in [0.1, 0.15) is 79.3 Å². The van der Waals surface area contributed by atoms with Crippen LogP contribution in [0, 0.1) is 12.8 Å². The molecule has 14 heteroatoms. The summed E-state index contributed by atoms with van der Waals surface area (Å²) in [6.45, 7) is 10.7. The van der Waals surface area contributed by atoms with Crippen LogP contribution in [0.25, 0.3) is 0 Å². The van der Waals surface area contributed by atoms with Gasteiger partial charge in [0.1, 0.15) is 35.2 Å². The minimum atomic E-state index is -1.23. The number of benzene rings is 1. The highest BCUT2D eigenvalue weighted by Crippen LogP contribution is 2.27. The Morgan fingerprint density at radius 1 is 1.04 bits per heavy atom. The Kier molecular flexibility index (Phi) is 12.9. The average Bonchev–Trinajstić information content (AvgIpc) is 3.45. The number of aliphatic hydroxyl groups is 1. The smallest absolute Gasteiger partial charge is 0.266 e. The van der Waals surface area contributed by atoms with Crippen molar-refractivity contribution in [3.8, 4) is 0 Å². The van der Waals surface area contributed by atoms with Gasteiger partial charge in [-0.2, -0.15) is 0 Å². The second kappa shape index (κ2) is 16.7. The highest BCUT2D eigenvalue weighted by Gasteiger charge is 2.39. The zero-order chi connectivity index (χ0) is 36.0. The molecule has 2 aromatic rings. The molecule has 1 aromatic heterocycles. The van der Waals surface area contributed by atoms with E-state index in [0.29, 0.717) is 17.0 Å². The molecule has 0 unspecified atom stereocenters. The molecule has 0 saturated carbocycles. The number of hydrogen-bond acceptors (Lipinski definition) is 9. The summed E-state index contributed by atoms with van der Waals surface area (Å²) in [5, 5.41) is 20.8. The van der Waals surface area contributed by atoms with Gasteiger partial charge in [-0.3, -0.25) is 24.0 Å². The second-order valence-electron chi connectivity index (χ2n) is 13.7. The SMILES string of the molecule is Cc1nc(C(C)C)sc1C(=O)N1CC(=O)N[C@H](CC(C)C)C(=O)N(C)[C@@H](C)C(=O)N[C@@H](Cc2ccccc2)C(=O)N[C@H]2CCO[C@H](C1)[C@H]2O. The Hall–Kier alpha value is -3.88. The predicted octanol–water partition coefficient (Wildman–Crippen LogP) is 1.77. The summed E-state index contributed by atoms with van der Waals surface area (Å²) in [4.78, 5) is 76.4. The maximum atomic E-state index is 14.1. The van der Waals surface area contributed by atoms with Crippen molar-refractivity contribution in [2.24, 2.45) is 5.92 Å². The molecular weight excluding hydrogens is 648 g/mol. The number of hydrogen-bond donors (Lipinski definition) is 4. The quantitative estimate of drug-likeness (QED) is 0.354. The summed E-state index contributed by atoms with van der Waals surface area (Å²) in [6, 6.07) is 5.48. The highest BCUT2D eigenvalue weighted by molar-refractivity contribution is 7.13. The number of aromatic nitrogens is 1. The lowest BCUT2D eigenvalue weighted by Crippen LogP contribution is -2.60. The van der Waals surface area contributed by atoms with Crippen LogP contribution in [0.4, 0.5) is 0 Å². The third-order valence-corrected chi connectivity index (χ3v) is 10.4. The van der Waals surface area contributed by atoms with Crippen LogP contribution in [0.3, 0.4) is 0 Å². The number of carbonyl (C=O) groups excluding carboxylic acids is 5. The maximum Gasteiger partial charge on any atom is 0.266 e. The molecule has 0 spiro atoms. The van der Waals surface area contributed by atoms with Gasteiger partial charge in [0.15, 0.2) is 0 Å². The number of aryl methyl sites for hydroxylation is 1. The van der Waals surface area contributed by atoms with Crippen molar-refractivity contribution < 1.29 is 33.8 Å². The van der Waals surface area contributed by atoms with Gasteiger partial charge in [-0.25, -0.2) is 4.98 Å². The normalized spacial score (nSPS) is 26.3. The Balaban J connectivity index is 1.72. The minimum absolute atomic E-state index is 0.00888. The molecule has 268 valence electrons. The molecule has 1 aromatic carbocycles. The van der Waals surface area contributed by atoms with E-state index in [4.69, 9.17) is 4.74 Å². The molecule has 2 bridgehead atoms. The summed E-state index contributed by atoms with van der Waals surface area (Å²) in [5.41, 5.74) is 1.34. The minimum Gasteiger partial charge on any atom is -0.388 e. The van der Waals surface area contributed by atoms with E-state index in [-0.39, 0.29) is 37.8 Å². The van der Waals surface area contributed by atoms with Crippen molar-refractivity contribution in [3.63, 3.8) is 0 Å². The molecule has 4 N–H and O–H groups in total. The summed E-state index contributed by atoms with van der Waals surface area (Å²) >= 11 is 1.25. The number of aliphatic hydroxyl groups excluding tert-OH is 1. The van der Waals surface area contributed by atoms with E-state index in [1.165, 1.54) is 28.2 Å². The fraction of sp³-hybridized carbons (Fsp3) is 0.600. The Bertz CT molecular complexity index is 1500. The first-order valence-corrected chi connectivity index (χ1v) is 17.7. The number of nitrogens with zero attached hydrogens (tertiary/aromatic N) is 3. The van der Waals surface area contributed by atoms with E-state index in [9.17, 15) is 29.1 Å². The Morgan fingerprint density at radius 3 is 2.37 bits per heavy atom. The molecule has 0 radical (unpaired) electrons. The Morgan fingerprint density at radius 2 is 1.73 bits per heavy atom. The van der Waals surface area contributed by atoms with Gasteiger partial charge < -0.3 is 35.6 Å². The molecule has 2 fully saturated rings. The van der Waals surface area contributed by atoms with Gasteiger partial charge in [-0.15, -0.1) is 11.3 Å². The number of rotatable bonds is 6. The maximum absolute atomic E-state index is 14.1. The zero-order valence-electron chi connectivity index (χ0n) is 29.4. The van der Waals surface area contributed by atoms with Crippen LogP contribution in [-0.2, 0) is 30.3 Å². The van der Waals surface area contributed by atoms with Crippen molar-refractivity contribution in [1.82, 2.24) is 30.7 Å². The first kappa shape index (κ1) is 37.9. The molecule has 2 aliphatic rings. The molecule has 6 atom stereocenters. The van der Waals surface area contributed by atoms with Crippen LogP contribution in [0.5, 0.6) is 0 Å². The molecular formula is C35H50N6O7S. The first-order valence-electron chi connectivity index (χ1n) is 16.9. The largest absolute Gasteiger partial charge is 0.388 e. The number of carbonyl (C=O) groups is 5. The lowest BCUT2D eigenvalue weighted by molar-refractivity contribution is -0.142. The summed E-state index contributed by atoms with van der Waals surface area (Å²) in [6.07, 6.45) is -1.42. The molecule has 5 amide bonds. The van der Waals surface area contributed by atoms with Gasteiger partial charge in [0, 0.05) is 26.0 Å². The molecule has 13 nitrogen and oxygen atoms in total. The van der Waals surface area contributed by atoms with Gasteiger partial charge in [0.25, 0.3) is 5.91 Å². The van der Waals surface area contributed by atoms with Crippen LogP contribution >= 0.6 is 11.3 Å². The lowest BCUT2D eigenvalue weighted by atomic mass is 9.97. The summed E-state index contributed by atoms with van der Waals surface area (Å²) in [5.74, 6) is -2.46. The van der Waals surface area contributed by atoms with E-state index in [1.807, 2.05) is 58.0 Å². The molecule has 3 heterocycles. The highest BCUT2D eigenvalue weighted by atomic mass is 32.1. The zero-order valence-corrected chi connectivity index (χ0v) is 30.2. The van der Waals surface area contributed by atoms with E-state index in [1.54, 1.807) is 13.8 Å². The van der Waals surface area contributed by atoms with Crippen molar-refractivity contribution in [2.75, 3.05) is 26.7 Å². The van der Waals surface area contributed by atoms with Crippen molar-refractivity contribution in [1.29, 1.82) is 0 Å². The number of fused-ring (bicyclic) bond motifs is 2. The van der Waals surface area contributed by atoms with Crippen LogP contribution in [0.2, 0.25) is 0 Å². The van der Waals surface area contributed by atoms with E-state index < -0.39 is 72.5 Å². The fourth-order valence-electron chi connectivity index (χ4n) is 5.99. The molecule has 4 rings (SSSR count). The van der Waals surface area contributed by atoms with E-state index in [0.717, 1.165) is 10.6 Å². The van der Waals surface area contributed by atoms with Gasteiger partial charge in [0.05, 0.1) is 29.8 Å². The number of likely N-dealkylation sites (N-methyl/N-ethyl adjacent to an activating group) is 1. The van der Waals surface area contributed by atoms with Crippen LogP contribution < -0.4 is 16.0 Å². The van der Waals surface area contributed by atoms with Gasteiger partial charge in [-0.1, -0.05) is 58.0 Å². The summed E-state index contributed by atoms with van der Waals surface area (Å²) < 4.78 is 5.93. The van der Waals surface area contributed by atoms with Crippen LogP contribution in [-0.4, -0.2) is 113 Å². The molecule has 2 aliphatic heterocycles. The third kappa shape index (κ3) is 9.64. The monoisotopic (exact) mass is 698 g/mol. The Labute approximate surface area is 292 Å². The lowest BCUT2D eigenvalue weighted by Gasteiger charge is -2.38. The number of ether oxygens (including phenoxy) is 1. The standard InChI is InChI=1S/C35H50N6O7S/c1-19(2)15-26-34(46)40(7)22(6)31(44)39-25(16-23-11-9-8-10-12-23)32(45)38-24-13-14-48-27(29(24)43)17-41(18-28(42)37-26)35(47)30-21(5)36-33(49-30)20(3)4/h8-12,19-20,22,24-27,29,43H,13-18H2,1-7H3,(H,37,42)(H,38,45)(H,39,44)/t22-,24-,25-,26+,27+,29-/m0/s1. The van der Waals surface area contributed by atoms with E-state index in [2.05, 4.69) is 20.9 Å². The fourth-order valence-corrected chi connectivity index (χ4v) is 7.03. The van der Waals surface area contributed by atoms with Gasteiger partial charge >= 0.3 is 0 Å². The topological polar surface area (TPSA) is 170 Å². The van der Waals surface area contributed by atoms with E-state index >= 15 is 0 Å². The third-order valence-electron chi connectivity index (χ3n) is 8.97.